The van der Waals surface area contributed by atoms with Gasteiger partial charge in [0.1, 0.15) is 0 Å². The summed E-state index contributed by atoms with van der Waals surface area (Å²) in [6, 6.07) is 7.82. The normalized spacial score (nSPS) is 11.4. The second kappa shape index (κ2) is 10.9. The third-order valence-electron chi connectivity index (χ3n) is 2.72. The van der Waals surface area contributed by atoms with E-state index in [-0.39, 0.29) is 0 Å². The number of benzene rings is 1. The van der Waals surface area contributed by atoms with Crippen LogP contribution in [0.25, 0.3) is 0 Å². The van der Waals surface area contributed by atoms with Crippen LogP contribution in [0.5, 0.6) is 0 Å². The zero-order valence-corrected chi connectivity index (χ0v) is 13.9. The molecule has 5 heteroatoms. The minimum Gasteiger partial charge on any atom is -0.357 e. The van der Waals surface area contributed by atoms with Gasteiger partial charge >= 0.3 is 0 Å². The van der Waals surface area contributed by atoms with Crippen molar-refractivity contribution >= 4 is 29.3 Å². The Labute approximate surface area is 131 Å². The Balaban J connectivity index is 2.41. The molecule has 0 fully saturated rings. The summed E-state index contributed by atoms with van der Waals surface area (Å²) in [4.78, 5) is 4.57. The van der Waals surface area contributed by atoms with Crippen LogP contribution in [0, 0.1) is 0 Å². The molecule has 20 heavy (non-hydrogen) atoms. The summed E-state index contributed by atoms with van der Waals surface area (Å²) in [6.07, 6.45) is 4.55. The van der Waals surface area contributed by atoms with Gasteiger partial charge in [-0.1, -0.05) is 23.7 Å². The highest BCUT2D eigenvalue weighted by Crippen LogP contribution is 2.11. The Morgan fingerprint density at radius 1 is 1.30 bits per heavy atom. The standard InChI is InChI=1S/C15H24ClN3S/c1-3-17-15(18-9-4-5-10-20-2)19-12-13-7-6-8-14(16)11-13/h6-8,11H,3-5,9-10,12H2,1-2H3,(H2,17,18,19). The van der Waals surface area contributed by atoms with E-state index in [1.807, 2.05) is 36.0 Å². The van der Waals surface area contributed by atoms with Crippen molar-refractivity contribution in [3.63, 3.8) is 0 Å². The minimum atomic E-state index is 0.640. The summed E-state index contributed by atoms with van der Waals surface area (Å²) in [6.45, 7) is 4.54. The van der Waals surface area contributed by atoms with Gasteiger partial charge in [-0.2, -0.15) is 11.8 Å². The van der Waals surface area contributed by atoms with E-state index in [4.69, 9.17) is 11.6 Å². The summed E-state index contributed by atoms with van der Waals surface area (Å²) in [5, 5.41) is 7.38. The molecule has 0 saturated carbocycles. The van der Waals surface area contributed by atoms with Gasteiger partial charge in [-0.15, -0.1) is 0 Å². The largest absolute Gasteiger partial charge is 0.357 e. The predicted octanol–water partition coefficient (Wildman–Crippen LogP) is 3.54. The monoisotopic (exact) mass is 313 g/mol. The fourth-order valence-corrected chi connectivity index (χ4v) is 2.43. The lowest BCUT2D eigenvalue weighted by Gasteiger charge is -2.11. The number of aliphatic imine (C=N–C) groups is 1. The molecule has 1 aromatic carbocycles. The van der Waals surface area contributed by atoms with Gasteiger partial charge in [0.25, 0.3) is 0 Å². The molecule has 112 valence electrons. The van der Waals surface area contributed by atoms with Crippen LogP contribution in [0.2, 0.25) is 5.02 Å². The summed E-state index contributed by atoms with van der Waals surface area (Å²) >= 11 is 7.87. The van der Waals surface area contributed by atoms with Gasteiger partial charge in [0.15, 0.2) is 5.96 Å². The Hall–Kier alpha value is -0.870. The number of hydrogen-bond acceptors (Lipinski definition) is 2. The molecule has 0 spiro atoms. The van der Waals surface area contributed by atoms with Crippen LogP contribution in [0.15, 0.2) is 29.3 Å². The van der Waals surface area contributed by atoms with Crippen LogP contribution in [0.3, 0.4) is 0 Å². The van der Waals surface area contributed by atoms with Crippen LogP contribution in [-0.4, -0.2) is 31.1 Å². The first-order valence-electron chi connectivity index (χ1n) is 7.01. The van der Waals surface area contributed by atoms with Crippen molar-refractivity contribution in [3.05, 3.63) is 34.9 Å². The highest BCUT2D eigenvalue weighted by Gasteiger charge is 1.98. The van der Waals surface area contributed by atoms with Crippen molar-refractivity contribution in [1.82, 2.24) is 10.6 Å². The number of hydrogen-bond donors (Lipinski definition) is 2. The molecule has 0 atom stereocenters. The number of unbranched alkanes of at least 4 members (excludes halogenated alkanes) is 1. The van der Waals surface area contributed by atoms with Gasteiger partial charge in [-0.05, 0) is 49.5 Å². The van der Waals surface area contributed by atoms with Gasteiger partial charge in [-0.3, -0.25) is 0 Å². The third kappa shape index (κ3) is 7.65. The first kappa shape index (κ1) is 17.2. The lowest BCUT2D eigenvalue weighted by molar-refractivity contribution is 0.734. The van der Waals surface area contributed by atoms with E-state index in [0.29, 0.717) is 6.54 Å². The smallest absolute Gasteiger partial charge is 0.191 e. The number of guanidine groups is 1. The highest BCUT2D eigenvalue weighted by molar-refractivity contribution is 7.98. The lowest BCUT2D eigenvalue weighted by Crippen LogP contribution is -2.37. The first-order chi connectivity index (χ1) is 9.76. The molecular formula is C15H24ClN3S. The fourth-order valence-electron chi connectivity index (χ4n) is 1.73. The number of thioether (sulfide) groups is 1. The van der Waals surface area contributed by atoms with Crippen LogP contribution in [0.1, 0.15) is 25.3 Å². The summed E-state index contributed by atoms with van der Waals surface area (Å²) in [5.41, 5.74) is 1.12. The molecule has 1 aromatic rings. The summed E-state index contributed by atoms with van der Waals surface area (Å²) in [5.74, 6) is 2.09. The predicted molar refractivity (Wildman–Crippen MR) is 91.9 cm³/mol. The van der Waals surface area contributed by atoms with Gasteiger partial charge in [-0.25, -0.2) is 4.99 Å². The molecule has 1 rings (SSSR count). The van der Waals surface area contributed by atoms with Crippen LogP contribution in [0.4, 0.5) is 0 Å². The second-order valence-electron chi connectivity index (χ2n) is 4.45. The van der Waals surface area contributed by atoms with Crippen molar-refractivity contribution in [2.45, 2.75) is 26.3 Å². The number of nitrogens with zero attached hydrogens (tertiary/aromatic N) is 1. The lowest BCUT2D eigenvalue weighted by atomic mass is 10.2. The number of nitrogens with one attached hydrogen (secondary N) is 2. The van der Waals surface area contributed by atoms with E-state index in [0.717, 1.165) is 29.6 Å². The molecule has 0 saturated heterocycles. The second-order valence-corrected chi connectivity index (χ2v) is 5.87. The average Bonchev–Trinajstić information content (AvgIpc) is 2.44. The Kier molecular flexibility index (Phi) is 9.33. The van der Waals surface area contributed by atoms with Gasteiger partial charge in [0.2, 0.25) is 0 Å². The Bertz CT molecular complexity index is 410. The van der Waals surface area contributed by atoms with Crippen LogP contribution in [-0.2, 0) is 6.54 Å². The molecule has 0 aliphatic heterocycles. The van der Waals surface area contributed by atoms with E-state index < -0.39 is 0 Å². The Morgan fingerprint density at radius 2 is 2.15 bits per heavy atom. The molecular weight excluding hydrogens is 290 g/mol. The zero-order chi connectivity index (χ0) is 14.6. The minimum absolute atomic E-state index is 0.640. The number of rotatable bonds is 8. The van der Waals surface area contributed by atoms with Crippen LogP contribution < -0.4 is 10.6 Å². The van der Waals surface area contributed by atoms with Crippen molar-refractivity contribution in [1.29, 1.82) is 0 Å². The molecule has 0 heterocycles. The first-order valence-corrected chi connectivity index (χ1v) is 8.79. The number of halogens is 1. The molecule has 2 N–H and O–H groups in total. The van der Waals surface area contributed by atoms with E-state index in [1.54, 1.807) is 0 Å². The van der Waals surface area contributed by atoms with E-state index in [1.165, 1.54) is 18.6 Å². The average molecular weight is 314 g/mol. The van der Waals surface area contributed by atoms with Crippen molar-refractivity contribution in [2.75, 3.05) is 25.1 Å². The van der Waals surface area contributed by atoms with Crippen LogP contribution >= 0.6 is 23.4 Å². The van der Waals surface area contributed by atoms with Crippen molar-refractivity contribution in [3.8, 4) is 0 Å². The highest BCUT2D eigenvalue weighted by atomic mass is 35.5. The van der Waals surface area contributed by atoms with Crippen molar-refractivity contribution in [2.24, 2.45) is 4.99 Å². The maximum Gasteiger partial charge on any atom is 0.191 e. The third-order valence-corrected chi connectivity index (χ3v) is 3.65. The molecule has 0 amide bonds. The van der Waals surface area contributed by atoms with Gasteiger partial charge in [0.05, 0.1) is 6.54 Å². The maximum absolute atomic E-state index is 5.97. The maximum atomic E-state index is 5.97. The van der Waals surface area contributed by atoms with E-state index in [9.17, 15) is 0 Å². The molecule has 0 aliphatic carbocycles. The molecule has 3 nitrogen and oxygen atoms in total. The van der Waals surface area contributed by atoms with Gasteiger partial charge in [0, 0.05) is 18.1 Å². The molecule has 0 unspecified atom stereocenters. The molecule has 0 aromatic heterocycles. The molecule has 0 aliphatic rings. The SMILES string of the molecule is CCNC(=NCc1cccc(Cl)c1)NCCCCSC. The summed E-state index contributed by atoms with van der Waals surface area (Å²) < 4.78 is 0. The molecule has 0 radical (unpaired) electrons. The van der Waals surface area contributed by atoms with Crippen molar-refractivity contribution < 1.29 is 0 Å². The van der Waals surface area contributed by atoms with Gasteiger partial charge < -0.3 is 10.6 Å². The van der Waals surface area contributed by atoms with E-state index in [2.05, 4.69) is 28.8 Å². The molecule has 0 bridgehead atoms. The zero-order valence-electron chi connectivity index (χ0n) is 12.3. The topological polar surface area (TPSA) is 36.4 Å². The fraction of sp³-hybridized carbons (Fsp3) is 0.533. The Morgan fingerprint density at radius 3 is 2.85 bits per heavy atom. The van der Waals surface area contributed by atoms with E-state index >= 15 is 0 Å². The summed E-state index contributed by atoms with van der Waals surface area (Å²) in [7, 11) is 0. The quantitative estimate of drug-likeness (QED) is 0.438.